The molecule has 10 N–H and O–H groups in total. The molecule has 0 spiro atoms. The monoisotopic (exact) mass is 1580 g/mol. The van der Waals surface area contributed by atoms with Crippen LogP contribution in [0.15, 0.2) is 170 Å². The van der Waals surface area contributed by atoms with E-state index in [1.54, 1.807) is 105 Å². The van der Waals surface area contributed by atoms with Crippen LogP contribution in [0.4, 0.5) is 0 Å². The lowest BCUT2D eigenvalue weighted by molar-refractivity contribution is -0.142. The van der Waals surface area contributed by atoms with Crippen molar-refractivity contribution in [3.8, 4) is 57.5 Å². The molecule has 32 heteroatoms. The highest BCUT2D eigenvalue weighted by Gasteiger charge is 2.35. The molecule has 0 aliphatic carbocycles. The van der Waals surface area contributed by atoms with Gasteiger partial charge in [0.05, 0.1) is 4.90 Å². The largest absolute Gasteiger partial charge is 0.504 e. The van der Waals surface area contributed by atoms with Gasteiger partial charge >= 0.3 is 0 Å². The molecular weight excluding hydrogens is 1500 g/mol. The Kier molecular flexibility index (Phi) is 27.6. The molecule has 1 unspecified atom stereocenters. The molecular formula is C82H86N8O23S. The Morgan fingerprint density at radius 3 is 1.03 bits per heavy atom. The molecule has 3 fully saturated rings. The van der Waals surface area contributed by atoms with Crippen LogP contribution >= 0.6 is 0 Å². The van der Waals surface area contributed by atoms with Gasteiger partial charge in [-0.25, -0.2) is 13.1 Å². The van der Waals surface area contributed by atoms with Crippen molar-refractivity contribution in [3.63, 3.8) is 0 Å². The maximum Gasteiger partial charge on any atom is 0.267 e. The molecule has 4 aliphatic heterocycles. The number of hydrogen-bond donors (Lipinski definition) is 10. The second kappa shape index (κ2) is 37.1. The molecule has 4 heterocycles. The van der Waals surface area contributed by atoms with Gasteiger partial charge in [0.15, 0.2) is 34.5 Å². The topological polar surface area (TPSA) is 446 Å². The van der Waals surface area contributed by atoms with Gasteiger partial charge in [0.25, 0.3) is 41.4 Å². The molecule has 7 amide bonds. The first-order chi connectivity index (χ1) is 54.0. The molecule has 8 aromatic carbocycles. The first kappa shape index (κ1) is 84.7. The summed E-state index contributed by atoms with van der Waals surface area (Å²) in [5, 5.41) is 79.8. The summed E-state index contributed by atoms with van der Waals surface area (Å²) in [7, 11) is -3.69. The Balaban J connectivity index is 0.000000174. The molecule has 114 heavy (non-hydrogen) atoms. The van der Waals surface area contributed by atoms with Crippen LogP contribution < -0.4 is 41.2 Å². The van der Waals surface area contributed by atoms with Gasteiger partial charge in [0.2, 0.25) is 60.8 Å². The van der Waals surface area contributed by atoms with Crippen LogP contribution in [0.5, 0.6) is 57.5 Å². The van der Waals surface area contributed by atoms with Crippen molar-refractivity contribution in [2.24, 2.45) is 0 Å². The minimum atomic E-state index is -3.69. The Hall–Kier alpha value is -13.4. The Morgan fingerprint density at radius 2 is 0.675 bits per heavy atom. The van der Waals surface area contributed by atoms with E-state index in [0.29, 0.717) is 105 Å². The number of piperazine rings is 3. The van der Waals surface area contributed by atoms with Crippen LogP contribution in [0.1, 0.15) is 101 Å². The summed E-state index contributed by atoms with van der Waals surface area (Å²) in [4.78, 5) is 145. The minimum absolute atomic E-state index is 0.00806. The molecule has 12 rings (SSSR count). The highest BCUT2D eigenvalue weighted by molar-refractivity contribution is 7.89. The first-order valence-corrected chi connectivity index (χ1v) is 37.4. The number of fused-ring (bicyclic) bond motifs is 1. The maximum absolute atomic E-state index is 12.9. The molecule has 8 aromatic rings. The van der Waals surface area contributed by atoms with Crippen molar-refractivity contribution < 1.29 is 92.3 Å². The number of hydrogen-bond acceptors (Lipinski definition) is 23. The summed E-state index contributed by atoms with van der Waals surface area (Å²) in [5.74, 6) is -6.78. The second-order valence-electron chi connectivity index (χ2n) is 27.3. The quantitative estimate of drug-likeness (QED) is 0.0718. The van der Waals surface area contributed by atoms with Crippen molar-refractivity contribution in [3.05, 3.63) is 259 Å². The third-order valence-corrected chi connectivity index (χ3v) is 20.5. The number of nitrogens with zero attached hydrogens (tertiary/aromatic N) is 6. The van der Waals surface area contributed by atoms with Crippen LogP contribution in [0.3, 0.4) is 0 Å². The zero-order valence-electron chi connectivity index (χ0n) is 63.3. The van der Waals surface area contributed by atoms with Crippen LogP contribution in [-0.4, -0.2) is 224 Å². The summed E-state index contributed by atoms with van der Waals surface area (Å²) in [6.45, 7) is 16.1. The van der Waals surface area contributed by atoms with Gasteiger partial charge in [-0.05, 0) is 168 Å². The standard InChI is InChI=1S/C22H22N2O7.2C21H22N2O5.C18H20N2O6S/c1-13-10-15(25)20(27)16(26)11-14(13)21(28)23-6-8-24(9-7-23)22(29)19-12-30-17-4-2-3-5-18(17)31-19;2*1-13-3-5-15(6-4-13)20(27)22-7-9-23(10-8-22)21(28)16-12-18(25)19(26)17(24)11-14(16)2;1-11-3-5-13(6-4-11)27(25,26)20-8-7-19-18(24)14-10-16(22)17(23)15(21)9-12(14)2/h2-5,10-11,19H,6-9,12H2,1H3,(H2,25,26,27);2*3-6,11-12H,7-10H2,1-2H3,(H2,24,25,26);3-6,9-10,20H,7-8H2,1-2H3,(H,19,24)(H2,21,22,23). The second-order valence-corrected chi connectivity index (χ2v) is 29.1. The van der Waals surface area contributed by atoms with Gasteiger partial charge < -0.3 is 85.0 Å². The average Bonchev–Trinajstić information content (AvgIpc) is 1.20. The van der Waals surface area contributed by atoms with Crippen molar-refractivity contribution in [1.29, 1.82) is 0 Å². The average molecular weight is 1580 g/mol. The summed E-state index contributed by atoms with van der Waals surface area (Å²) >= 11 is 0. The van der Waals surface area contributed by atoms with Crippen molar-refractivity contribution >= 4 is 51.4 Å². The minimum Gasteiger partial charge on any atom is -0.504 e. The predicted octanol–water partition coefficient (Wildman–Crippen LogP) is 5.02. The van der Waals surface area contributed by atoms with E-state index in [2.05, 4.69) is 10.0 Å². The molecule has 598 valence electrons. The smallest absolute Gasteiger partial charge is 0.267 e. The van der Waals surface area contributed by atoms with Gasteiger partial charge in [-0.2, -0.15) is 0 Å². The maximum atomic E-state index is 12.9. The van der Waals surface area contributed by atoms with Crippen LogP contribution in [0.25, 0.3) is 0 Å². The summed E-state index contributed by atoms with van der Waals surface area (Å²) in [6.07, 6.45) is -0.747. The van der Waals surface area contributed by atoms with Gasteiger partial charge in [-0.15, -0.1) is 0 Å². The third-order valence-electron chi connectivity index (χ3n) is 19.1. The van der Waals surface area contributed by atoms with Gasteiger partial charge in [0.1, 0.15) is 6.61 Å². The van der Waals surface area contributed by atoms with E-state index in [-0.39, 0.29) is 101 Å². The molecule has 0 radical (unpaired) electrons. The van der Waals surface area contributed by atoms with Crippen LogP contribution in [-0.2, 0) is 14.8 Å². The van der Waals surface area contributed by atoms with Gasteiger partial charge in [-0.1, -0.05) is 65.2 Å². The van der Waals surface area contributed by atoms with E-state index in [4.69, 9.17) is 9.47 Å². The molecule has 3 saturated heterocycles. The third kappa shape index (κ3) is 20.8. The number of rotatable bonds is 12. The summed E-state index contributed by atoms with van der Waals surface area (Å²) in [5.41, 5.74) is 2.98. The number of nitrogens with one attached hydrogen (secondary N) is 2. The Morgan fingerprint density at radius 1 is 0.377 bits per heavy atom. The van der Waals surface area contributed by atoms with Crippen LogP contribution in [0, 0.1) is 48.5 Å². The number of carbonyl (C=O) groups excluding carboxylic acids is 7. The highest BCUT2D eigenvalue weighted by Crippen LogP contribution is 2.33. The van der Waals surface area contributed by atoms with E-state index in [9.17, 15) is 102 Å². The number of sulfonamides is 1. The van der Waals surface area contributed by atoms with Crippen molar-refractivity contribution in [1.82, 2.24) is 39.4 Å². The zero-order chi connectivity index (χ0) is 83.2. The Bertz CT molecular complexity index is 5240. The fourth-order valence-corrected chi connectivity index (χ4v) is 13.3. The predicted molar refractivity (Wildman–Crippen MR) is 417 cm³/mol. The number of para-hydroxylation sites is 2. The number of benzene rings is 4. The normalized spacial score (nSPS) is 14.4. The highest BCUT2D eigenvalue weighted by atomic mass is 32.2. The van der Waals surface area contributed by atoms with Gasteiger partial charge in [0, 0.05) is 125 Å². The molecule has 0 aromatic heterocycles. The zero-order valence-corrected chi connectivity index (χ0v) is 64.1. The first-order valence-electron chi connectivity index (χ1n) is 35.9. The fourth-order valence-electron chi connectivity index (χ4n) is 12.3. The molecule has 0 saturated carbocycles. The van der Waals surface area contributed by atoms with E-state index in [1.165, 1.54) is 19.1 Å². The molecule has 0 bridgehead atoms. The number of amides is 7. The lowest BCUT2D eigenvalue weighted by atomic mass is 10.1. The number of aryl methyl sites for hydroxylation is 7. The summed E-state index contributed by atoms with van der Waals surface area (Å²) < 4.78 is 38.1. The van der Waals surface area contributed by atoms with E-state index < -0.39 is 89.7 Å². The Labute approximate surface area is 654 Å². The lowest BCUT2D eigenvalue weighted by Crippen LogP contribution is -2.55. The number of carbonyl (C=O) groups is 7. The van der Waals surface area contributed by atoms with E-state index >= 15 is 0 Å². The lowest BCUT2D eigenvalue weighted by Gasteiger charge is -2.37. The van der Waals surface area contributed by atoms with Crippen molar-refractivity contribution in [2.75, 3.05) is 98.2 Å². The van der Waals surface area contributed by atoms with Crippen LogP contribution in [0.2, 0.25) is 0 Å². The number of aromatic hydroxyl groups is 8. The molecule has 31 nitrogen and oxygen atoms in total. The molecule has 4 aliphatic rings. The SMILES string of the molecule is Cc1cc(=O)c(O)c(O)cc1C(=O)N1CCN(C(=O)C2COc3ccccc3O2)CC1.Cc1ccc(C(=O)N2CCN(C(=O)c3cc(O)c(O)c(=O)cc3C)CC2)cc1.Cc1ccc(C(=O)N2CCN(C(=O)c3cc(O)c(O)c(=O)cc3C)CC2)cc1.Cc1ccc(S(=O)(=O)NCCNC(=O)c2cc(O)c(O)c(=O)cc2C)cc1. The summed E-state index contributed by atoms with van der Waals surface area (Å²) in [6, 6.07) is 36.9. The van der Waals surface area contributed by atoms with E-state index in [1.807, 2.05) is 51.1 Å². The number of ether oxygens (including phenoxy) is 2. The fraction of sp³-hybridized carbons (Fsp3) is 0.280. The van der Waals surface area contributed by atoms with Crippen molar-refractivity contribution in [2.45, 2.75) is 59.5 Å². The van der Waals surface area contributed by atoms with E-state index in [0.717, 1.165) is 65.2 Å². The molecule has 1 atom stereocenters. The van der Waals surface area contributed by atoms with Gasteiger partial charge in [-0.3, -0.25) is 52.7 Å².